The van der Waals surface area contributed by atoms with Gasteiger partial charge in [0.15, 0.2) is 5.82 Å². The second-order valence-corrected chi connectivity index (χ2v) is 6.07. The number of amides is 1. The first-order chi connectivity index (χ1) is 11.5. The molecule has 0 aliphatic heterocycles. The third kappa shape index (κ3) is 3.40. The summed E-state index contributed by atoms with van der Waals surface area (Å²) in [5, 5.41) is 6.82. The molecule has 3 rings (SSSR count). The van der Waals surface area contributed by atoms with Crippen LogP contribution in [0.2, 0.25) is 0 Å². The maximum atomic E-state index is 12.6. The summed E-state index contributed by atoms with van der Waals surface area (Å²) in [6.07, 6.45) is 3.91. The molecule has 2 aromatic heterocycles. The first-order valence-electron chi connectivity index (χ1n) is 7.87. The van der Waals surface area contributed by atoms with Gasteiger partial charge in [0.05, 0.1) is 11.1 Å². The van der Waals surface area contributed by atoms with Crippen molar-refractivity contribution in [1.29, 1.82) is 0 Å². The van der Waals surface area contributed by atoms with Gasteiger partial charge in [-0.15, -0.1) is 0 Å². The van der Waals surface area contributed by atoms with E-state index in [1.807, 2.05) is 6.07 Å². The van der Waals surface area contributed by atoms with Gasteiger partial charge >= 0.3 is 0 Å². The van der Waals surface area contributed by atoms with Crippen LogP contribution in [-0.2, 0) is 6.42 Å². The Kier molecular flexibility index (Phi) is 4.50. The molecule has 0 saturated carbocycles. The zero-order chi connectivity index (χ0) is 17.1. The van der Waals surface area contributed by atoms with E-state index in [9.17, 15) is 4.79 Å². The number of carbonyl (C=O) groups is 1. The number of fused-ring (bicyclic) bond motifs is 1. The molecule has 0 saturated heterocycles. The molecule has 1 N–H and O–H groups in total. The first kappa shape index (κ1) is 16.0. The average molecular weight is 325 g/mol. The normalized spacial score (nSPS) is 12.5. The molecular weight excluding hydrogens is 306 g/mol. The van der Waals surface area contributed by atoms with Crippen LogP contribution in [0.4, 0.5) is 0 Å². The molecule has 0 fully saturated rings. The summed E-state index contributed by atoms with van der Waals surface area (Å²) in [6, 6.07) is 4.93. The van der Waals surface area contributed by atoms with Crippen molar-refractivity contribution in [2.24, 2.45) is 5.92 Å². The van der Waals surface area contributed by atoms with Gasteiger partial charge in [0.1, 0.15) is 11.6 Å². The molecule has 7 nitrogen and oxygen atoms in total. The topological polar surface area (TPSA) is 93.8 Å². The summed E-state index contributed by atoms with van der Waals surface area (Å²) in [5.41, 5.74) is 1.71. The molecule has 0 radical (unpaired) electrons. The lowest BCUT2D eigenvalue weighted by Gasteiger charge is -2.10. The number of hydrogen-bond acceptors (Lipinski definition) is 6. The van der Waals surface area contributed by atoms with Gasteiger partial charge in [-0.2, -0.15) is 4.98 Å². The molecule has 3 aromatic rings. The lowest BCUT2D eigenvalue weighted by atomic mass is 10.1. The molecule has 2 heterocycles. The fraction of sp³-hybridized carbons (Fsp3) is 0.353. The largest absolute Gasteiger partial charge is 0.340 e. The number of nitrogens with one attached hydrogen (secondary N) is 1. The predicted molar refractivity (Wildman–Crippen MR) is 88.3 cm³/mol. The van der Waals surface area contributed by atoms with Crippen molar-refractivity contribution in [2.75, 3.05) is 0 Å². The standard InChI is InChI=1S/C17H19N5O2/c1-10(2)9-14-21-17(24-22-14)11(3)20-16(23)12-5-4-6-13-15(12)19-8-7-18-13/h4-8,10-11H,9H2,1-3H3,(H,20,23)/t11-/m0/s1. The van der Waals surface area contributed by atoms with Gasteiger partial charge in [-0.25, -0.2) is 0 Å². The van der Waals surface area contributed by atoms with Gasteiger partial charge in [-0.1, -0.05) is 25.1 Å². The van der Waals surface area contributed by atoms with E-state index in [-0.39, 0.29) is 5.91 Å². The van der Waals surface area contributed by atoms with Crippen molar-refractivity contribution < 1.29 is 9.32 Å². The highest BCUT2D eigenvalue weighted by Gasteiger charge is 2.19. The number of rotatable bonds is 5. The lowest BCUT2D eigenvalue weighted by molar-refractivity contribution is 0.0934. The molecule has 0 aliphatic carbocycles. The highest BCUT2D eigenvalue weighted by Crippen LogP contribution is 2.16. The minimum absolute atomic E-state index is 0.253. The minimum atomic E-state index is -0.391. The fourth-order valence-corrected chi connectivity index (χ4v) is 2.40. The number of aromatic nitrogens is 4. The molecule has 1 atom stereocenters. The van der Waals surface area contributed by atoms with E-state index in [1.165, 1.54) is 0 Å². The Labute approximate surface area is 139 Å². The summed E-state index contributed by atoms with van der Waals surface area (Å²) in [7, 11) is 0. The number of carbonyl (C=O) groups excluding carboxylic acids is 1. The molecule has 0 aliphatic rings. The Morgan fingerprint density at radius 2 is 2.00 bits per heavy atom. The number of para-hydroxylation sites is 1. The molecule has 0 unspecified atom stereocenters. The maximum absolute atomic E-state index is 12.6. The SMILES string of the molecule is CC(C)Cc1noc([C@H](C)NC(=O)c2cccc3nccnc23)n1. The van der Waals surface area contributed by atoms with Gasteiger partial charge in [0, 0.05) is 18.8 Å². The van der Waals surface area contributed by atoms with Gasteiger partial charge in [0.25, 0.3) is 5.91 Å². The number of benzene rings is 1. The van der Waals surface area contributed by atoms with Crippen LogP contribution in [0.3, 0.4) is 0 Å². The Balaban J connectivity index is 1.77. The van der Waals surface area contributed by atoms with Gasteiger partial charge < -0.3 is 9.84 Å². The van der Waals surface area contributed by atoms with Crippen LogP contribution in [0.5, 0.6) is 0 Å². The van der Waals surface area contributed by atoms with Crippen LogP contribution in [-0.4, -0.2) is 26.0 Å². The van der Waals surface area contributed by atoms with Gasteiger partial charge in [-0.3, -0.25) is 14.8 Å². The molecule has 0 spiro atoms. The van der Waals surface area contributed by atoms with Crippen LogP contribution >= 0.6 is 0 Å². The summed E-state index contributed by atoms with van der Waals surface area (Å²) in [4.78, 5) is 25.4. The zero-order valence-corrected chi connectivity index (χ0v) is 13.9. The Morgan fingerprint density at radius 3 is 2.79 bits per heavy atom. The smallest absolute Gasteiger partial charge is 0.254 e. The summed E-state index contributed by atoms with van der Waals surface area (Å²) in [5.74, 6) is 1.23. The average Bonchev–Trinajstić information content (AvgIpc) is 3.02. The summed E-state index contributed by atoms with van der Waals surface area (Å²) >= 11 is 0. The summed E-state index contributed by atoms with van der Waals surface area (Å²) in [6.45, 7) is 5.98. The molecule has 0 bridgehead atoms. The molecular formula is C17H19N5O2. The van der Waals surface area contributed by atoms with Crippen molar-refractivity contribution in [3.8, 4) is 0 Å². The molecule has 7 heteroatoms. The number of nitrogens with zero attached hydrogens (tertiary/aromatic N) is 4. The van der Waals surface area contributed by atoms with Crippen LogP contribution in [0.1, 0.15) is 48.9 Å². The van der Waals surface area contributed by atoms with E-state index < -0.39 is 6.04 Å². The van der Waals surface area contributed by atoms with Gasteiger partial charge in [-0.05, 0) is 25.0 Å². The molecule has 124 valence electrons. The Morgan fingerprint density at radius 1 is 1.21 bits per heavy atom. The van der Waals surface area contributed by atoms with Crippen molar-refractivity contribution in [3.63, 3.8) is 0 Å². The lowest BCUT2D eigenvalue weighted by Crippen LogP contribution is -2.27. The van der Waals surface area contributed by atoms with Crippen LogP contribution < -0.4 is 5.32 Å². The van der Waals surface area contributed by atoms with Crippen molar-refractivity contribution in [3.05, 3.63) is 47.9 Å². The Bertz CT molecular complexity index is 854. The van der Waals surface area contributed by atoms with Crippen molar-refractivity contribution in [1.82, 2.24) is 25.4 Å². The molecule has 1 aromatic carbocycles. The third-order valence-corrected chi connectivity index (χ3v) is 3.54. The highest BCUT2D eigenvalue weighted by atomic mass is 16.5. The van der Waals surface area contributed by atoms with E-state index in [0.717, 1.165) is 6.42 Å². The maximum Gasteiger partial charge on any atom is 0.254 e. The summed E-state index contributed by atoms with van der Waals surface area (Å²) < 4.78 is 5.25. The van der Waals surface area contributed by atoms with Crippen molar-refractivity contribution in [2.45, 2.75) is 33.2 Å². The van der Waals surface area contributed by atoms with E-state index in [1.54, 1.807) is 31.5 Å². The second-order valence-electron chi connectivity index (χ2n) is 6.07. The van der Waals surface area contributed by atoms with Gasteiger partial charge in [0.2, 0.25) is 5.89 Å². The van der Waals surface area contributed by atoms with Crippen LogP contribution in [0, 0.1) is 5.92 Å². The molecule has 1 amide bonds. The molecule has 24 heavy (non-hydrogen) atoms. The second kappa shape index (κ2) is 6.74. The fourth-order valence-electron chi connectivity index (χ4n) is 2.40. The van der Waals surface area contributed by atoms with E-state index >= 15 is 0 Å². The third-order valence-electron chi connectivity index (χ3n) is 3.54. The van der Waals surface area contributed by atoms with E-state index in [4.69, 9.17) is 4.52 Å². The number of hydrogen-bond donors (Lipinski definition) is 1. The zero-order valence-electron chi connectivity index (χ0n) is 13.9. The highest BCUT2D eigenvalue weighted by molar-refractivity contribution is 6.04. The van der Waals surface area contributed by atoms with Crippen molar-refractivity contribution >= 4 is 16.9 Å². The first-order valence-corrected chi connectivity index (χ1v) is 7.87. The van der Waals surface area contributed by atoms with Crippen LogP contribution in [0.25, 0.3) is 11.0 Å². The predicted octanol–water partition coefficient (Wildman–Crippen LogP) is 2.70. The quantitative estimate of drug-likeness (QED) is 0.775. The van der Waals surface area contributed by atoms with E-state index in [0.29, 0.717) is 34.2 Å². The minimum Gasteiger partial charge on any atom is -0.340 e. The monoisotopic (exact) mass is 325 g/mol. The van der Waals surface area contributed by atoms with E-state index in [2.05, 4.69) is 39.3 Å². The van der Waals surface area contributed by atoms with Crippen LogP contribution in [0.15, 0.2) is 35.1 Å². The Hall–Kier alpha value is -2.83.